The second-order valence-electron chi connectivity index (χ2n) is 3.71. The van der Waals surface area contributed by atoms with Crippen molar-refractivity contribution < 1.29 is 19.8 Å². The zero-order valence-electron chi connectivity index (χ0n) is 10.1. The van der Waals surface area contributed by atoms with Gasteiger partial charge in [0, 0.05) is 25.9 Å². The second-order valence-corrected chi connectivity index (χ2v) is 3.71. The van der Waals surface area contributed by atoms with Crippen LogP contribution in [0.15, 0.2) is 0 Å². The number of amides is 2. The van der Waals surface area contributed by atoms with Gasteiger partial charge < -0.3 is 20.8 Å². The van der Waals surface area contributed by atoms with Crippen molar-refractivity contribution in [1.82, 2.24) is 10.6 Å². The largest absolute Gasteiger partial charge is 0.395 e. The number of carbonyl (C=O) groups is 2. The van der Waals surface area contributed by atoms with Crippen molar-refractivity contribution >= 4 is 11.8 Å². The van der Waals surface area contributed by atoms with Gasteiger partial charge in [-0.1, -0.05) is 6.42 Å². The Hall–Kier alpha value is -1.14. The Morgan fingerprint density at radius 1 is 0.765 bits per heavy atom. The lowest BCUT2D eigenvalue weighted by Gasteiger charge is -2.04. The zero-order chi connectivity index (χ0) is 12.9. The maximum atomic E-state index is 11.1. The van der Waals surface area contributed by atoms with E-state index in [9.17, 15) is 9.59 Å². The highest BCUT2D eigenvalue weighted by atomic mass is 16.3. The fourth-order valence-corrected chi connectivity index (χ4v) is 1.32. The zero-order valence-corrected chi connectivity index (χ0v) is 10.1. The number of carbonyl (C=O) groups excluding carboxylic acids is 2. The summed E-state index contributed by atoms with van der Waals surface area (Å²) in [6.45, 7) is 0.498. The Balaban J connectivity index is 3.28. The van der Waals surface area contributed by atoms with Crippen LogP contribution in [0.4, 0.5) is 0 Å². The number of nitrogens with one attached hydrogen (secondary N) is 2. The quantitative estimate of drug-likeness (QED) is 0.377. The van der Waals surface area contributed by atoms with E-state index < -0.39 is 0 Å². The molecule has 0 aliphatic heterocycles. The third-order valence-corrected chi connectivity index (χ3v) is 2.18. The Bertz CT molecular complexity index is 200. The first kappa shape index (κ1) is 15.9. The van der Waals surface area contributed by atoms with Crippen LogP contribution in [0.25, 0.3) is 0 Å². The molecule has 0 unspecified atom stereocenters. The normalized spacial score (nSPS) is 10.0. The Kier molecular flexibility index (Phi) is 10.6. The minimum Gasteiger partial charge on any atom is -0.395 e. The average Bonchev–Trinajstić information content (AvgIpc) is 2.33. The minimum atomic E-state index is -0.0659. The lowest BCUT2D eigenvalue weighted by atomic mass is 10.1. The lowest BCUT2D eigenvalue weighted by molar-refractivity contribution is -0.121. The van der Waals surface area contributed by atoms with Gasteiger partial charge in [-0.05, 0) is 12.8 Å². The Morgan fingerprint density at radius 2 is 1.18 bits per heavy atom. The molecule has 100 valence electrons. The van der Waals surface area contributed by atoms with Crippen LogP contribution in [-0.4, -0.2) is 48.3 Å². The molecule has 0 saturated carbocycles. The van der Waals surface area contributed by atoms with Crippen molar-refractivity contribution in [2.24, 2.45) is 0 Å². The van der Waals surface area contributed by atoms with Gasteiger partial charge in [0.1, 0.15) is 0 Å². The van der Waals surface area contributed by atoms with Gasteiger partial charge in [0.15, 0.2) is 0 Å². The van der Waals surface area contributed by atoms with Crippen LogP contribution < -0.4 is 10.6 Å². The van der Waals surface area contributed by atoms with Crippen molar-refractivity contribution in [3.63, 3.8) is 0 Å². The van der Waals surface area contributed by atoms with Crippen molar-refractivity contribution in [3.05, 3.63) is 0 Å². The molecule has 6 nitrogen and oxygen atoms in total. The van der Waals surface area contributed by atoms with Gasteiger partial charge in [0.2, 0.25) is 11.8 Å². The first-order chi connectivity index (χ1) is 8.20. The number of aliphatic hydroxyl groups is 2. The van der Waals surface area contributed by atoms with E-state index in [1.54, 1.807) is 0 Å². The van der Waals surface area contributed by atoms with Crippen LogP contribution in [0, 0.1) is 0 Å². The van der Waals surface area contributed by atoms with Gasteiger partial charge in [0.25, 0.3) is 0 Å². The summed E-state index contributed by atoms with van der Waals surface area (Å²) in [5.74, 6) is -0.132. The summed E-state index contributed by atoms with van der Waals surface area (Å²) in [5.41, 5.74) is 0. The molecule has 17 heavy (non-hydrogen) atoms. The molecule has 0 aromatic heterocycles. The van der Waals surface area contributed by atoms with Crippen molar-refractivity contribution in [1.29, 1.82) is 0 Å². The summed E-state index contributed by atoms with van der Waals surface area (Å²) >= 11 is 0. The molecular weight excluding hydrogens is 224 g/mol. The van der Waals surface area contributed by atoms with Crippen molar-refractivity contribution in [2.75, 3.05) is 26.3 Å². The van der Waals surface area contributed by atoms with Gasteiger partial charge in [-0.3, -0.25) is 9.59 Å². The summed E-state index contributed by atoms with van der Waals surface area (Å²) < 4.78 is 0. The molecule has 4 N–H and O–H groups in total. The van der Waals surface area contributed by atoms with Crippen LogP contribution in [0.5, 0.6) is 0 Å². The number of rotatable bonds is 10. The van der Waals surface area contributed by atoms with Crippen LogP contribution >= 0.6 is 0 Å². The monoisotopic (exact) mass is 246 g/mol. The fourth-order valence-electron chi connectivity index (χ4n) is 1.32. The average molecular weight is 246 g/mol. The van der Waals surface area contributed by atoms with E-state index in [1.807, 2.05) is 0 Å². The topological polar surface area (TPSA) is 98.7 Å². The highest BCUT2D eigenvalue weighted by Gasteiger charge is 2.02. The highest BCUT2D eigenvalue weighted by Crippen LogP contribution is 2.02. The molecule has 0 saturated heterocycles. The molecule has 0 aliphatic carbocycles. The van der Waals surface area contributed by atoms with Gasteiger partial charge in [-0.15, -0.1) is 0 Å². The second kappa shape index (κ2) is 11.3. The van der Waals surface area contributed by atoms with E-state index in [0.29, 0.717) is 25.9 Å². The molecular formula is C11H22N2O4. The number of hydrogen-bond donors (Lipinski definition) is 4. The van der Waals surface area contributed by atoms with Crippen LogP contribution in [0.2, 0.25) is 0 Å². The summed E-state index contributed by atoms with van der Waals surface area (Å²) in [6, 6.07) is 0. The van der Waals surface area contributed by atoms with E-state index in [4.69, 9.17) is 10.2 Å². The van der Waals surface area contributed by atoms with E-state index in [0.717, 1.165) is 19.3 Å². The molecule has 6 heteroatoms. The fraction of sp³-hybridized carbons (Fsp3) is 0.818. The number of hydrogen-bond acceptors (Lipinski definition) is 4. The summed E-state index contributed by atoms with van der Waals surface area (Å²) in [4.78, 5) is 22.2. The smallest absolute Gasteiger partial charge is 0.220 e. The van der Waals surface area contributed by atoms with Crippen molar-refractivity contribution in [3.8, 4) is 0 Å². The lowest BCUT2D eigenvalue weighted by Crippen LogP contribution is -2.26. The highest BCUT2D eigenvalue weighted by molar-refractivity contribution is 5.76. The summed E-state index contributed by atoms with van der Waals surface area (Å²) in [7, 11) is 0. The molecule has 0 rings (SSSR count). The standard InChI is InChI=1S/C11H22N2O4/c14-8-6-12-10(16)4-2-1-3-5-11(17)13-7-9-15/h14-15H,1-9H2,(H,12,16)(H,13,17). The molecule has 0 atom stereocenters. The first-order valence-corrected chi connectivity index (χ1v) is 5.95. The SMILES string of the molecule is O=C(CCCCCC(=O)NCCO)NCCO. The predicted molar refractivity (Wildman–Crippen MR) is 63.3 cm³/mol. The number of unbranched alkanes of at least 4 members (excludes halogenated alkanes) is 2. The van der Waals surface area contributed by atoms with Gasteiger partial charge in [0.05, 0.1) is 13.2 Å². The van der Waals surface area contributed by atoms with Gasteiger partial charge in [-0.2, -0.15) is 0 Å². The Morgan fingerprint density at radius 3 is 1.53 bits per heavy atom. The molecule has 2 amide bonds. The maximum absolute atomic E-state index is 11.1. The summed E-state index contributed by atoms with van der Waals surface area (Å²) in [6.07, 6.45) is 3.16. The van der Waals surface area contributed by atoms with E-state index in [1.165, 1.54) is 0 Å². The summed E-state index contributed by atoms with van der Waals surface area (Å²) in [5, 5.41) is 22.1. The number of aliphatic hydroxyl groups excluding tert-OH is 2. The van der Waals surface area contributed by atoms with Crippen molar-refractivity contribution in [2.45, 2.75) is 32.1 Å². The van der Waals surface area contributed by atoms with Gasteiger partial charge >= 0.3 is 0 Å². The molecule has 0 aliphatic rings. The van der Waals surface area contributed by atoms with E-state index in [-0.39, 0.29) is 25.0 Å². The van der Waals surface area contributed by atoms with Crippen LogP contribution in [-0.2, 0) is 9.59 Å². The first-order valence-electron chi connectivity index (χ1n) is 5.95. The maximum Gasteiger partial charge on any atom is 0.220 e. The predicted octanol–water partition coefficient (Wildman–Crippen LogP) is -0.846. The molecule has 0 bridgehead atoms. The Labute approximate surface area is 101 Å². The molecule has 0 spiro atoms. The van der Waals surface area contributed by atoms with E-state index in [2.05, 4.69) is 10.6 Å². The molecule has 0 aromatic rings. The molecule has 0 heterocycles. The van der Waals surface area contributed by atoms with Gasteiger partial charge in [-0.25, -0.2) is 0 Å². The third kappa shape index (κ3) is 11.1. The molecule has 0 aromatic carbocycles. The van der Waals surface area contributed by atoms with E-state index >= 15 is 0 Å². The molecule has 0 fully saturated rings. The molecule has 0 radical (unpaired) electrons. The third-order valence-electron chi connectivity index (χ3n) is 2.18. The van der Waals surface area contributed by atoms with Crippen LogP contribution in [0.1, 0.15) is 32.1 Å². The minimum absolute atomic E-state index is 0.0449. The van der Waals surface area contributed by atoms with Crippen LogP contribution in [0.3, 0.4) is 0 Å².